The van der Waals surface area contributed by atoms with Crippen molar-refractivity contribution >= 4 is 17.2 Å². The van der Waals surface area contributed by atoms with Crippen molar-refractivity contribution in [1.82, 2.24) is 5.32 Å². The number of nitrogens with two attached hydrogens (primary N) is 1. The summed E-state index contributed by atoms with van der Waals surface area (Å²) >= 11 is 1.72. The number of hydrogen-bond donors (Lipinski definition) is 3. The van der Waals surface area contributed by atoms with Crippen LogP contribution in [-0.2, 0) is 13.1 Å². The number of methoxy groups -OCH3 is 1. The van der Waals surface area contributed by atoms with E-state index in [1.165, 1.54) is 11.1 Å². The third-order valence-electron chi connectivity index (χ3n) is 3.26. The molecule has 112 valence electrons. The second-order valence-electron chi connectivity index (χ2n) is 4.70. The van der Waals surface area contributed by atoms with Gasteiger partial charge in [-0.2, -0.15) is 11.3 Å². The maximum atomic E-state index is 8.75. The molecule has 0 saturated heterocycles. The second kappa shape index (κ2) is 7.10. The van der Waals surface area contributed by atoms with Crippen molar-refractivity contribution in [2.24, 2.45) is 10.9 Å². The Labute approximate surface area is 128 Å². The third-order valence-corrected chi connectivity index (χ3v) is 4.17. The molecule has 5 nitrogen and oxygen atoms in total. The highest BCUT2D eigenvalue weighted by Gasteiger charge is 2.08. The number of benzene rings is 1. The van der Waals surface area contributed by atoms with Gasteiger partial charge in [0.1, 0.15) is 5.75 Å². The fraction of sp³-hybridized carbons (Fsp3) is 0.267. The number of aryl methyl sites for hydroxylation is 1. The summed E-state index contributed by atoms with van der Waals surface area (Å²) in [7, 11) is 1.56. The molecule has 6 heteroatoms. The zero-order chi connectivity index (χ0) is 15.2. The van der Waals surface area contributed by atoms with Gasteiger partial charge in [-0.15, -0.1) is 0 Å². The van der Waals surface area contributed by atoms with Gasteiger partial charge >= 0.3 is 0 Å². The number of ether oxygens (including phenoxy) is 1. The predicted octanol–water partition coefficient (Wildman–Crippen LogP) is 2.45. The Hall–Kier alpha value is -2.05. The van der Waals surface area contributed by atoms with Crippen LogP contribution in [0.5, 0.6) is 5.75 Å². The molecule has 0 aliphatic carbocycles. The van der Waals surface area contributed by atoms with Crippen LogP contribution in [0.2, 0.25) is 0 Å². The maximum Gasteiger partial charge on any atom is 0.173 e. The minimum Gasteiger partial charge on any atom is -0.496 e. The molecule has 1 heterocycles. The van der Waals surface area contributed by atoms with Gasteiger partial charge in [0.15, 0.2) is 5.84 Å². The molecule has 1 aromatic heterocycles. The van der Waals surface area contributed by atoms with Gasteiger partial charge in [0.25, 0.3) is 0 Å². The van der Waals surface area contributed by atoms with E-state index < -0.39 is 0 Å². The van der Waals surface area contributed by atoms with Gasteiger partial charge in [-0.25, -0.2) is 0 Å². The largest absolute Gasteiger partial charge is 0.496 e. The lowest BCUT2D eigenvalue weighted by atomic mass is 10.1. The second-order valence-corrected chi connectivity index (χ2v) is 5.45. The molecule has 0 saturated carbocycles. The number of amidine groups is 1. The van der Waals surface area contributed by atoms with Crippen LogP contribution in [0.15, 0.2) is 34.1 Å². The number of oxime groups is 1. The summed E-state index contributed by atoms with van der Waals surface area (Å²) in [6.07, 6.45) is 0. The first-order valence-electron chi connectivity index (χ1n) is 6.53. The van der Waals surface area contributed by atoms with Gasteiger partial charge < -0.3 is 21.0 Å². The first-order chi connectivity index (χ1) is 10.2. The van der Waals surface area contributed by atoms with E-state index in [1.807, 2.05) is 12.1 Å². The summed E-state index contributed by atoms with van der Waals surface area (Å²) in [5, 5.41) is 19.5. The lowest BCUT2D eigenvalue weighted by Crippen LogP contribution is -2.16. The maximum absolute atomic E-state index is 8.75. The molecule has 0 atom stereocenters. The van der Waals surface area contributed by atoms with E-state index in [0.29, 0.717) is 11.3 Å². The average molecular weight is 305 g/mol. The highest BCUT2D eigenvalue weighted by molar-refractivity contribution is 7.08. The Balaban J connectivity index is 2.02. The monoisotopic (exact) mass is 305 g/mol. The first-order valence-corrected chi connectivity index (χ1v) is 7.47. The molecule has 2 rings (SSSR count). The molecule has 21 heavy (non-hydrogen) atoms. The summed E-state index contributed by atoms with van der Waals surface area (Å²) in [6, 6.07) is 5.62. The molecule has 0 spiro atoms. The summed E-state index contributed by atoms with van der Waals surface area (Å²) in [4.78, 5) is 0. The van der Waals surface area contributed by atoms with Gasteiger partial charge in [0.2, 0.25) is 0 Å². The minimum atomic E-state index is 0.0419. The lowest BCUT2D eigenvalue weighted by molar-refractivity contribution is 0.318. The van der Waals surface area contributed by atoms with Crippen LogP contribution in [0.4, 0.5) is 0 Å². The Morgan fingerprint density at radius 1 is 1.38 bits per heavy atom. The SMILES string of the molecule is COc1cc(CNCc2cscc2C)ccc1/C(N)=N/O. The number of thiophene rings is 1. The molecule has 0 bridgehead atoms. The van der Waals surface area contributed by atoms with E-state index in [2.05, 4.69) is 28.2 Å². The van der Waals surface area contributed by atoms with Gasteiger partial charge in [0.05, 0.1) is 12.7 Å². The molecule has 1 aromatic carbocycles. The van der Waals surface area contributed by atoms with Crippen LogP contribution < -0.4 is 15.8 Å². The zero-order valence-corrected chi connectivity index (χ0v) is 12.9. The van der Waals surface area contributed by atoms with Crippen LogP contribution in [0, 0.1) is 6.92 Å². The van der Waals surface area contributed by atoms with E-state index in [9.17, 15) is 0 Å². The summed E-state index contributed by atoms with van der Waals surface area (Å²) < 4.78 is 5.28. The molecule has 4 N–H and O–H groups in total. The first kappa shape index (κ1) is 15.3. The quantitative estimate of drug-likeness (QED) is 0.331. The third kappa shape index (κ3) is 3.74. The van der Waals surface area contributed by atoms with Gasteiger partial charge in [-0.1, -0.05) is 11.2 Å². The molecule has 0 radical (unpaired) electrons. The molecule has 0 aliphatic heterocycles. The topological polar surface area (TPSA) is 79.9 Å². The van der Waals surface area contributed by atoms with Crippen LogP contribution in [-0.4, -0.2) is 18.2 Å². The smallest absolute Gasteiger partial charge is 0.173 e. The van der Waals surface area contributed by atoms with Crippen LogP contribution >= 0.6 is 11.3 Å². The number of rotatable bonds is 6. The fourth-order valence-electron chi connectivity index (χ4n) is 2.02. The zero-order valence-electron chi connectivity index (χ0n) is 12.1. The summed E-state index contributed by atoms with van der Waals surface area (Å²) in [6.45, 7) is 3.67. The van der Waals surface area contributed by atoms with Crippen molar-refractivity contribution in [2.75, 3.05) is 7.11 Å². The van der Waals surface area contributed by atoms with Crippen molar-refractivity contribution in [1.29, 1.82) is 0 Å². The van der Waals surface area contributed by atoms with Gasteiger partial charge in [-0.3, -0.25) is 0 Å². The Morgan fingerprint density at radius 2 is 2.19 bits per heavy atom. The summed E-state index contributed by atoms with van der Waals surface area (Å²) in [5.74, 6) is 0.636. The van der Waals surface area contributed by atoms with E-state index in [1.54, 1.807) is 24.5 Å². The molecule has 0 fully saturated rings. The van der Waals surface area contributed by atoms with Crippen molar-refractivity contribution in [2.45, 2.75) is 20.0 Å². The van der Waals surface area contributed by atoms with Crippen LogP contribution in [0.1, 0.15) is 22.3 Å². The van der Waals surface area contributed by atoms with Crippen molar-refractivity contribution in [3.8, 4) is 5.75 Å². The Bertz CT molecular complexity index is 638. The highest BCUT2D eigenvalue weighted by atomic mass is 32.1. The molecular formula is C15H19N3O2S. The van der Waals surface area contributed by atoms with Gasteiger partial charge in [0, 0.05) is 13.1 Å². The Morgan fingerprint density at radius 3 is 2.81 bits per heavy atom. The fourth-order valence-corrected chi connectivity index (χ4v) is 2.88. The molecular weight excluding hydrogens is 286 g/mol. The molecule has 0 aliphatic rings. The molecule has 0 amide bonds. The summed E-state index contributed by atoms with van der Waals surface area (Å²) in [5.41, 5.74) is 9.90. The molecule has 0 unspecified atom stereocenters. The number of hydrogen-bond acceptors (Lipinski definition) is 5. The van der Waals surface area contributed by atoms with Crippen LogP contribution in [0.3, 0.4) is 0 Å². The Kier molecular flexibility index (Phi) is 5.19. The minimum absolute atomic E-state index is 0.0419. The van der Waals surface area contributed by atoms with Crippen LogP contribution in [0.25, 0.3) is 0 Å². The standard InChI is InChI=1S/C15H19N3O2S/c1-10-8-21-9-12(10)7-17-6-11-3-4-13(15(16)18-19)14(5-11)20-2/h3-5,8-9,17,19H,6-7H2,1-2H3,(H2,16,18). The molecule has 2 aromatic rings. The van der Waals surface area contributed by atoms with Crippen molar-refractivity contribution in [3.05, 3.63) is 51.2 Å². The number of nitrogens with zero attached hydrogens (tertiary/aromatic N) is 1. The predicted molar refractivity (Wildman–Crippen MR) is 85.1 cm³/mol. The van der Waals surface area contributed by atoms with E-state index >= 15 is 0 Å². The van der Waals surface area contributed by atoms with Crippen molar-refractivity contribution < 1.29 is 9.94 Å². The average Bonchev–Trinajstić information content (AvgIpc) is 2.91. The van der Waals surface area contributed by atoms with E-state index in [4.69, 9.17) is 15.7 Å². The lowest BCUT2D eigenvalue weighted by Gasteiger charge is -2.10. The number of nitrogens with one attached hydrogen (secondary N) is 1. The highest BCUT2D eigenvalue weighted by Crippen LogP contribution is 2.20. The van der Waals surface area contributed by atoms with E-state index in [-0.39, 0.29) is 5.84 Å². The normalized spacial score (nSPS) is 11.6. The van der Waals surface area contributed by atoms with E-state index in [0.717, 1.165) is 18.7 Å². The van der Waals surface area contributed by atoms with Crippen molar-refractivity contribution in [3.63, 3.8) is 0 Å². The van der Waals surface area contributed by atoms with Gasteiger partial charge in [-0.05, 0) is 46.5 Å².